The van der Waals surface area contributed by atoms with E-state index in [1.807, 2.05) is 0 Å². The van der Waals surface area contributed by atoms with Crippen molar-refractivity contribution in [2.24, 2.45) is 5.18 Å². The molecule has 2 aromatic rings. The van der Waals surface area contributed by atoms with Crippen LogP contribution in [-0.2, 0) is 4.79 Å². The largest absolute Gasteiger partial charge is 0.497 e. The monoisotopic (exact) mass is 384 g/mol. The molecule has 0 bridgehead atoms. The van der Waals surface area contributed by atoms with E-state index in [-0.39, 0.29) is 11.8 Å². The molecule has 0 saturated carbocycles. The highest BCUT2D eigenvalue weighted by Crippen LogP contribution is 2.27. The third-order valence-corrected chi connectivity index (χ3v) is 4.64. The SMILES string of the molecule is COc1cccc(C(COc2ccc(C=C3SC(=O)NC3=O)cc2)N=O)c1. The molecule has 1 heterocycles. The van der Waals surface area contributed by atoms with E-state index in [4.69, 9.17) is 9.47 Å². The summed E-state index contributed by atoms with van der Waals surface area (Å²) in [6.45, 7) is 0.0872. The van der Waals surface area contributed by atoms with Crippen LogP contribution >= 0.6 is 11.8 Å². The smallest absolute Gasteiger partial charge is 0.290 e. The van der Waals surface area contributed by atoms with Crippen molar-refractivity contribution < 1.29 is 19.1 Å². The summed E-state index contributed by atoms with van der Waals surface area (Å²) in [6.07, 6.45) is 1.63. The minimum Gasteiger partial charge on any atom is -0.497 e. The van der Waals surface area contributed by atoms with E-state index < -0.39 is 11.9 Å². The molecular weight excluding hydrogens is 368 g/mol. The minimum absolute atomic E-state index is 0.0872. The Morgan fingerprint density at radius 2 is 1.93 bits per heavy atom. The van der Waals surface area contributed by atoms with Crippen molar-refractivity contribution in [2.45, 2.75) is 6.04 Å². The predicted octanol–water partition coefficient (Wildman–Crippen LogP) is 3.91. The zero-order chi connectivity index (χ0) is 19.2. The number of nitrogens with one attached hydrogen (secondary N) is 1. The molecule has 1 atom stereocenters. The third kappa shape index (κ3) is 4.73. The first kappa shape index (κ1) is 18.7. The normalized spacial score (nSPS) is 16.1. The second-order valence-electron chi connectivity index (χ2n) is 5.63. The Bertz CT molecular complexity index is 895. The van der Waals surface area contributed by atoms with Gasteiger partial charge in [-0.15, -0.1) is 0 Å². The highest BCUT2D eigenvalue weighted by atomic mass is 32.2. The minimum atomic E-state index is -0.661. The van der Waals surface area contributed by atoms with Crippen LogP contribution in [0.3, 0.4) is 0 Å². The number of nitroso groups, excluding NO2 is 1. The number of ether oxygens (including phenoxy) is 2. The molecule has 8 heteroatoms. The quantitative estimate of drug-likeness (QED) is 0.575. The average molecular weight is 384 g/mol. The van der Waals surface area contributed by atoms with Crippen LogP contribution in [0, 0.1) is 4.91 Å². The number of benzene rings is 2. The van der Waals surface area contributed by atoms with Crippen LogP contribution in [0.5, 0.6) is 11.5 Å². The summed E-state index contributed by atoms with van der Waals surface area (Å²) in [6, 6.07) is 13.4. The van der Waals surface area contributed by atoms with Crippen LogP contribution in [0.15, 0.2) is 58.6 Å². The Balaban J connectivity index is 1.64. The van der Waals surface area contributed by atoms with Crippen LogP contribution < -0.4 is 14.8 Å². The molecule has 1 aliphatic rings. The van der Waals surface area contributed by atoms with Gasteiger partial charge in [-0.1, -0.05) is 29.4 Å². The molecule has 1 saturated heterocycles. The van der Waals surface area contributed by atoms with Gasteiger partial charge in [-0.3, -0.25) is 14.9 Å². The second kappa shape index (κ2) is 8.50. The molecule has 1 N–H and O–H groups in total. The molecule has 1 fully saturated rings. The van der Waals surface area contributed by atoms with E-state index in [9.17, 15) is 14.5 Å². The zero-order valence-corrected chi connectivity index (χ0v) is 15.2. The molecule has 1 aliphatic heterocycles. The van der Waals surface area contributed by atoms with Gasteiger partial charge in [-0.05, 0) is 53.2 Å². The second-order valence-corrected chi connectivity index (χ2v) is 6.64. The first-order chi connectivity index (χ1) is 13.1. The van der Waals surface area contributed by atoms with Gasteiger partial charge in [-0.25, -0.2) is 0 Å². The lowest BCUT2D eigenvalue weighted by molar-refractivity contribution is -0.115. The van der Waals surface area contributed by atoms with E-state index in [2.05, 4.69) is 10.5 Å². The van der Waals surface area contributed by atoms with Gasteiger partial charge in [0.15, 0.2) is 6.04 Å². The number of methoxy groups -OCH3 is 1. The molecule has 0 aromatic heterocycles. The first-order valence-corrected chi connectivity index (χ1v) is 8.85. The van der Waals surface area contributed by atoms with Gasteiger partial charge in [0.1, 0.15) is 18.1 Å². The molecule has 1 unspecified atom stereocenters. The van der Waals surface area contributed by atoms with E-state index in [1.54, 1.807) is 61.7 Å². The van der Waals surface area contributed by atoms with E-state index in [1.165, 1.54) is 0 Å². The Morgan fingerprint density at radius 3 is 2.56 bits per heavy atom. The number of thioether (sulfide) groups is 1. The number of rotatable bonds is 7. The fourth-order valence-electron chi connectivity index (χ4n) is 2.44. The molecule has 0 radical (unpaired) electrons. The summed E-state index contributed by atoms with van der Waals surface area (Å²) in [7, 11) is 1.55. The molecular formula is C19H16N2O5S. The predicted molar refractivity (Wildman–Crippen MR) is 103 cm³/mol. The van der Waals surface area contributed by atoms with E-state index in [0.717, 1.165) is 17.3 Å². The Labute approximate surface area is 159 Å². The van der Waals surface area contributed by atoms with Crippen molar-refractivity contribution in [3.8, 4) is 11.5 Å². The number of amides is 2. The first-order valence-electron chi connectivity index (χ1n) is 8.03. The number of carbonyl (C=O) groups excluding carboxylic acids is 2. The lowest BCUT2D eigenvalue weighted by atomic mass is 10.1. The van der Waals surface area contributed by atoms with Crippen LogP contribution in [0.1, 0.15) is 17.2 Å². The average Bonchev–Trinajstić information content (AvgIpc) is 3.00. The molecule has 0 spiro atoms. The maximum Gasteiger partial charge on any atom is 0.290 e. The number of hydrogen-bond donors (Lipinski definition) is 1. The molecule has 3 rings (SSSR count). The summed E-state index contributed by atoms with van der Waals surface area (Å²) >= 11 is 0.863. The maximum absolute atomic E-state index is 11.6. The third-order valence-electron chi connectivity index (χ3n) is 3.83. The van der Waals surface area contributed by atoms with Crippen molar-refractivity contribution in [2.75, 3.05) is 13.7 Å². The number of nitrogens with zero attached hydrogens (tertiary/aromatic N) is 1. The lowest BCUT2D eigenvalue weighted by Gasteiger charge is -2.12. The van der Waals surface area contributed by atoms with Gasteiger partial charge in [0.2, 0.25) is 0 Å². The van der Waals surface area contributed by atoms with Crippen molar-refractivity contribution in [1.29, 1.82) is 0 Å². The molecule has 0 aliphatic carbocycles. The molecule has 2 aromatic carbocycles. The van der Waals surface area contributed by atoms with Crippen LogP contribution in [0.4, 0.5) is 4.79 Å². The molecule has 2 amide bonds. The fraction of sp³-hybridized carbons (Fsp3) is 0.158. The standard InChI is InChI=1S/C19H16N2O5S/c1-25-15-4-2-3-13(10-15)16(21-24)11-26-14-7-5-12(6-8-14)9-17-18(22)20-19(23)27-17/h2-10,16H,11H2,1H3,(H,20,22,23). The van der Waals surface area contributed by atoms with Gasteiger partial charge in [0.25, 0.3) is 11.1 Å². The Kier molecular flexibility index (Phi) is 5.87. The van der Waals surface area contributed by atoms with E-state index in [0.29, 0.717) is 22.0 Å². The maximum atomic E-state index is 11.6. The van der Waals surface area contributed by atoms with Gasteiger partial charge >= 0.3 is 0 Å². The van der Waals surface area contributed by atoms with Crippen molar-refractivity contribution in [3.05, 3.63) is 69.5 Å². The zero-order valence-electron chi connectivity index (χ0n) is 14.4. The van der Waals surface area contributed by atoms with Crippen LogP contribution in [0.2, 0.25) is 0 Å². The Hall–Kier alpha value is -3.13. The van der Waals surface area contributed by atoms with Crippen LogP contribution in [0.25, 0.3) is 6.08 Å². The topological polar surface area (TPSA) is 94.1 Å². The van der Waals surface area contributed by atoms with Gasteiger partial charge < -0.3 is 9.47 Å². The van der Waals surface area contributed by atoms with Gasteiger partial charge in [-0.2, -0.15) is 4.91 Å². The summed E-state index contributed by atoms with van der Waals surface area (Å²) in [5.74, 6) is 0.808. The lowest BCUT2D eigenvalue weighted by Crippen LogP contribution is -2.17. The van der Waals surface area contributed by atoms with Gasteiger partial charge in [0.05, 0.1) is 12.0 Å². The number of hydrogen-bond acceptors (Lipinski definition) is 7. The molecule has 138 valence electrons. The summed E-state index contributed by atoms with van der Waals surface area (Å²) in [4.78, 5) is 34.3. The Morgan fingerprint density at radius 1 is 1.15 bits per heavy atom. The highest BCUT2D eigenvalue weighted by Gasteiger charge is 2.24. The number of imide groups is 1. The summed E-state index contributed by atoms with van der Waals surface area (Å²) in [5, 5.41) is 4.96. The molecule has 27 heavy (non-hydrogen) atoms. The molecule has 7 nitrogen and oxygen atoms in total. The van der Waals surface area contributed by atoms with E-state index >= 15 is 0 Å². The van der Waals surface area contributed by atoms with Gasteiger partial charge in [0, 0.05) is 0 Å². The van der Waals surface area contributed by atoms with Crippen LogP contribution in [-0.4, -0.2) is 24.9 Å². The number of carbonyl (C=O) groups is 2. The summed E-state index contributed by atoms with van der Waals surface area (Å²) in [5.41, 5.74) is 1.46. The summed E-state index contributed by atoms with van der Waals surface area (Å²) < 4.78 is 10.8. The fourth-order valence-corrected chi connectivity index (χ4v) is 3.13. The van der Waals surface area contributed by atoms with Crippen molar-refractivity contribution in [3.63, 3.8) is 0 Å². The van der Waals surface area contributed by atoms with Crippen molar-refractivity contribution >= 4 is 29.0 Å². The highest BCUT2D eigenvalue weighted by molar-refractivity contribution is 8.18. The van der Waals surface area contributed by atoms with Crippen molar-refractivity contribution in [1.82, 2.24) is 5.32 Å².